The van der Waals surface area contributed by atoms with Gasteiger partial charge in [-0.05, 0) is 13.3 Å². The highest BCUT2D eigenvalue weighted by Crippen LogP contribution is 2.31. The molecule has 4 rings (SSSR count). The summed E-state index contributed by atoms with van der Waals surface area (Å²) in [6.45, 7) is 1.78. The van der Waals surface area contributed by atoms with Crippen molar-refractivity contribution in [3.63, 3.8) is 0 Å². The number of nitrogens with zero attached hydrogens (tertiary/aromatic N) is 2. The zero-order valence-electron chi connectivity index (χ0n) is 16.0. The van der Waals surface area contributed by atoms with Crippen LogP contribution < -0.4 is 5.32 Å². The average Bonchev–Trinajstić information content (AvgIpc) is 2.99. The second-order valence-electron chi connectivity index (χ2n) is 7.50. The van der Waals surface area contributed by atoms with Crippen LogP contribution in [0.3, 0.4) is 0 Å². The van der Waals surface area contributed by atoms with Gasteiger partial charge in [-0.15, -0.1) is 10.2 Å². The maximum Gasteiger partial charge on any atom is 0.230 e. The molecule has 1 amide bonds. The molecule has 3 aromatic rings. The maximum atomic E-state index is 12.4. The third-order valence-electron chi connectivity index (χ3n) is 4.99. The van der Waals surface area contributed by atoms with Gasteiger partial charge in [0.25, 0.3) is 0 Å². The van der Waals surface area contributed by atoms with Gasteiger partial charge in [0, 0.05) is 16.3 Å². The van der Waals surface area contributed by atoms with Crippen LogP contribution in [-0.4, -0.2) is 47.3 Å². The molecule has 1 saturated heterocycles. The van der Waals surface area contributed by atoms with E-state index in [0.29, 0.717) is 11.4 Å². The molecule has 1 aliphatic rings. The Hall–Kier alpha value is -2.45. The molecule has 150 valence electrons. The van der Waals surface area contributed by atoms with Gasteiger partial charge in [-0.2, -0.15) is 0 Å². The normalized spacial score (nSPS) is 20.6. The number of aromatic nitrogens is 2. The second kappa shape index (κ2) is 7.76. The smallest absolute Gasteiger partial charge is 0.230 e. The minimum Gasteiger partial charge on any atom is -0.349 e. The minimum atomic E-state index is -3.07. The number of hydrogen-bond acceptors (Lipinski definition) is 6. The molecule has 1 N–H and O–H groups in total. The summed E-state index contributed by atoms with van der Waals surface area (Å²) >= 11 is 1.31. The van der Waals surface area contributed by atoms with Crippen LogP contribution in [0.4, 0.5) is 0 Å². The Morgan fingerprint density at radius 1 is 1.07 bits per heavy atom. The summed E-state index contributed by atoms with van der Waals surface area (Å²) < 4.78 is 23.5. The maximum absolute atomic E-state index is 12.4. The lowest BCUT2D eigenvalue weighted by Gasteiger charge is -2.23. The molecule has 0 radical (unpaired) electrons. The summed E-state index contributed by atoms with van der Waals surface area (Å²) in [5.41, 5.74) is 1.10. The van der Waals surface area contributed by atoms with Gasteiger partial charge in [0.05, 0.1) is 22.8 Å². The van der Waals surface area contributed by atoms with Crippen molar-refractivity contribution in [3.8, 4) is 11.3 Å². The van der Waals surface area contributed by atoms with E-state index in [9.17, 15) is 13.2 Å². The summed E-state index contributed by atoms with van der Waals surface area (Å²) in [7, 11) is -3.07. The van der Waals surface area contributed by atoms with E-state index in [-0.39, 0.29) is 23.2 Å². The number of carbonyl (C=O) groups is 1. The van der Waals surface area contributed by atoms with Crippen molar-refractivity contribution in [2.75, 3.05) is 17.3 Å². The van der Waals surface area contributed by atoms with Crippen molar-refractivity contribution in [2.45, 2.75) is 23.9 Å². The number of amides is 1. The van der Waals surface area contributed by atoms with Gasteiger partial charge < -0.3 is 5.32 Å². The minimum absolute atomic E-state index is 0.00901. The molecule has 2 aromatic carbocycles. The van der Waals surface area contributed by atoms with Crippen LogP contribution in [0.25, 0.3) is 22.0 Å². The molecule has 1 fully saturated rings. The monoisotopic (exact) mass is 427 g/mol. The number of carbonyl (C=O) groups excluding carboxylic acids is 1. The average molecular weight is 428 g/mol. The molecule has 0 aliphatic carbocycles. The van der Waals surface area contributed by atoms with Gasteiger partial charge in [-0.1, -0.05) is 66.4 Å². The first kappa shape index (κ1) is 19.8. The third kappa shape index (κ3) is 4.43. The van der Waals surface area contributed by atoms with E-state index in [4.69, 9.17) is 0 Å². The van der Waals surface area contributed by atoms with E-state index < -0.39 is 15.4 Å². The number of fused-ring (bicyclic) bond motifs is 1. The van der Waals surface area contributed by atoms with E-state index >= 15 is 0 Å². The zero-order valence-corrected chi connectivity index (χ0v) is 17.6. The summed E-state index contributed by atoms with van der Waals surface area (Å²) in [6.07, 6.45) is 0.445. The SMILES string of the molecule is C[C@]1(NC(=O)CSc2nnc(-c3ccccc3)c3ccccc23)CCS(=O)(=O)C1. The second-order valence-corrected chi connectivity index (χ2v) is 10.7. The van der Waals surface area contributed by atoms with Crippen molar-refractivity contribution in [2.24, 2.45) is 0 Å². The molecule has 1 aromatic heterocycles. The first-order chi connectivity index (χ1) is 13.9. The quantitative estimate of drug-likeness (QED) is 0.630. The van der Waals surface area contributed by atoms with Crippen LogP contribution in [0.2, 0.25) is 0 Å². The zero-order chi connectivity index (χ0) is 20.5. The fraction of sp³-hybridized carbons (Fsp3) is 0.286. The van der Waals surface area contributed by atoms with Gasteiger partial charge in [0.2, 0.25) is 5.91 Å². The van der Waals surface area contributed by atoms with E-state index in [0.717, 1.165) is 22.0 Å². The molecule has 0 saturated carbocycles. The molecule has 1 aliphatic heterocycles. The highest BCUT2D eigenvalue weighted by Gasteiger charge is 2.39. The fourth-order valence-corrected chi connectivity index (χ4v) is 6.48. The van der Waals surface area contributed by atoms with E-state index in [2.05, 4.69) is 15.5 Å². The molecule has 1 atom stereocenters. The van der Waals surface area contributed by atoms with Gasteiger partial charge >= 0.3 is 0 Å². The number of rotatable bonds is 5. The summed E-state index contributed by atoms with van der Waals surface area (Å²) in [5, 5.41) is 14.2. The Balaban J connectivity index is 1.53. The fourth-order valence-electron chi connectivity index (χ4n) is 3.61. The van der Waals surface area contributed by atoms with Crippen LogP contribution in [0.1, 0.15) is 13.3 Å². The van der Waals surface area contributed by atoms with Gasteiger partial charge in [0.15, 0.2) is 9.84 Å². The summed E-state index contributed by atoms with van der Waals surface area (Å²) in [5.74, 6) is 0.0605. The Morgan fingerprint density at radius 2 is 1.76 bits per heavy atom. The van der Waals surface area contributed by atoms with E-state index in [1.54, 1.807) is 6.92 Å². The Morgan fingerprint density at radius 3 is 2.45 bits per heavy atom. The van der Waals surface area contributed by atoms with Crippen molar-refractivity contribution in [3.05, 3.63) is 54.6 Å². The van der Waals surface area contributed by atoms with Crippen LogP contribution in [0.5, 0.6) is 0 Å². The molecule has 2 heterocycles. The van der Waals surface area contributed by atoms with Gasteiger partial charge in [-0.25, -0.2) is 8.42 Å². The van der Waals surface area contributed by atoms with Crippen molar-refractivity contribution < 1.29 is 13.2 Å². The summed E-state index contributed by atoms with van der Waals surface area (Å²) in [4.78, 5) is 12.4. The Bertz CT molecular complexity index is 1170. The Kier molecular flexibility index (Phi) is 5.31. The summed E-state index contributed by atoms with van der Waals surface area (Å²) in [6, 6.07) is 17.7. The molecular weight excluding hydrogens is 406 g/mol. The van der Waals surface area contributed by atoms with Gasteiger partial charge in [-0.3, -0.25) is 4.79 Å². The highest BCUT2D eigenvalue weighted by molar-refractivity contribution is 8.00. The first-order valence-electron chi connectivity index (χ1n) is 9.30. The number of thioether (sulfide) groups is 1. The largest absolute Gasteiger partial charge is 0.349 e. The predicted octanol–water partition coefficient (Wildman–Crippen LogP) is 3.08. The number of hydrogen-bond donors (Lipinski definition) is 1. The van der Waals surface area contributed by atoms with Crippen LogP contribution in [0, 0.1) is 0 Å². The van der Waals surface area contributed by atoms with E-state index in [1.165, 1.54) is 11.8 Å². The first-order valence-corrected chi connectivity index (χ1v) is 12.1. The Labute approximate surface area is 174 Å². The van der Waals surface area contributed by atoms with Crippen molar-refractivity contribution in [1.82, 2.24) is 15.5 Å². The highest BCUT2D eigenvalue weighted by atomic mass is 32.2. The molecule has 0 spiro atoms. The lowest BCUT2D eigenvalue weighted by molar-refractivity contribution is -0.120. The van der Waals surface area contributed by atoms with E-state index in [1.807, 2.05) is 54.6 Å². The topological polar surface area (TPSA) is 89.0 Å². The predicted molar refractivity (Wildman–Crippen MR) is 116 cm³/mol. The number of nitrogens with one attached hydrogen (secondary N) is 1. The van der Waals surface area contributed by atoms with Crippen LogP contribution in [-0.2, 0) is 14.6 Å². The number of sulfone groups is 1. The lowest BCUT2D eigenvalue weighted by Crippen LogP contribution is -2.47. The molecule has 0 unspecified atom stereocenters. The molecule has 0 bridgehead atoms. The van der Waals surface area contributed by atoms with Gasteiger partial charge in [0.1, 0.15) is 10.7 Å². The molecule has 29 heavy (non-hydrogen) atoms. The number of benzene rings is 2. The standard InChI is InChI=1S/C21H21N3O3S2/c1-21(11-12-29(26,27)14-21)22-18(25)13-28-20-17-10-6-5-9-16(17)19(23-24-20)15-7-3-2-4-8-15/h2-10H,11-14H2,1H3,(H,22,25)/t21-/m0/s1. The third-order valence-corrected chi connectivity index (χ3v) is 7.87. The van der Waals surface area contributed by atoms with Crippen molar-refractivity contribution >= 4 is 38.3 Å². The van der Waals surface area contributed by atoms with Crippen LogP contribution in [0.15, 0.2) is 59.6 Å². The molecule has 6 nitrogen and oxygen atoms in total. The molecule has 8 heteroatoms. The van der Waals surface area contributed by atoms with Crippen molar-refractivity contribution in [1.29, 1.82) is 0 Å². The molecular formula is C21H21N3O3S2. The lowest BCUT2D eigenvalue weighted by atomic mass is 10.0. The van der Waals surface area contributed by atoms with Crippen LogP contribution >= 0.6 is 11.8 Å².